The van der Waals surface area contributed by atoms with Crippen LogP contribution in [0.15, 0.2) is 48.5 Å². The van der Waals surface area contributed by atoms with E-state index in [1.807, 2.05) is 11.8 Å². The number of carbonyl (C=O) groups excluding carboxylic acids is 1. The first kappa shape index (κ1) is 20.7. The summed E-state index contributed by atoms with van der Waals surface area (Å²) in [6, 6.07) is 13.8. The van der Waals surface area contributed by atoms with Crippen molar-refractivity contribution in [3.8, 4) is 6.07 Å². The molecule has 0 radical (unpaired) electrons. The molecule has 0 aromatic heterocycles. The Morgan fingerprint density at radius 1 is 1.17 bits per heavy atom. The topological polar surface area (TPSA) is 60.6 Å². The summed E-state index contributed by atoms with van der Waals surface area (Å²) in [5.41, 5.74) is 0.763. The molecule has 29 heavy (non-hydrogen) atoms. The summed E-state index contributed by atoms with van der Waals surface area (Å²) in [5, 5.41) is 11.9. The standard InChI is InChI=1S/C21H21F3N4O/c1-15(20(29)26-19-8-3-2-5-16(19)14-25)27-9-11-28(12-10-27)18-7-4-6-17(13-18)21(22,23)24/h2-8,13,15H,9-12H2,1H3,(H,26,29)/p+1/t15-/m1/s1. The second kappa shape index (κ2) is 8.53. The van der Waals surface area contributed by atoms with E-state index in [1.165, 1.54) is 12.1 Å². The lowest BCUT2D eigenvalue weighted by atomic mass is 10.1. The molecule has 1 aliphatic rings. The third-order valence-electron chi connectivity index (χ3n) is 5.26. The number of nitrogens with one attached hydrogen (secondary N) is 2. The van der Waals surface area contributed by atoms with Crippen molar-refractivity contribution in [2.45, 2.75) is 19.1 Å². The highest BCUT2D eigenvalue weighted by Gasteiger charge is 2.32. The molecule has 0 unspecified atom stereocenters. The molecule has 1 atom stereocenters. The fourth-order valence-corrected chi connectivity index (χ4v) is 3.48. The highest BCUT2D eigenvalue weighted by Crippen LogP contribution is 2.31. The van der Waals surface area contributed by atoms with Gasteiger partial charge >= 0.3 is 6.18 Å². The number of alkyl halides is 3. The predicted octanol–water partition coefficient (Wildman–Crippen LogP) is 2.31. The molecule has 1 fully saturated rings. The van der Waals surface area contributed by atoms with Gasteiger partial charge in [-0.1, -0.05) is 18.2 Å². The fraction of sp³-hybridized carbons (Fsp3) is 0.333. The van der Waals surface area contributed by atoms with Crippen molar-refractivity contribution in [2.24, 2.45) is 0 Å². The number of carbonyl (C=O) groups is 1. The van der Waals surface area contributed by atoms with E-state index < -0.39 is 11.7 Å². The Kier molecular flexibility index (Phi) is 6.09. The van der Waals surface area contributed by atoms with Gasteiger partial charge in [-0.2, -0.15) is 18.4 Å². The molecule has 2 N–H and O–H groups in total. The highest BCUT2D eigenvalue weighted by molar-refractivity contribution is 5.94. The second-order valence-corrected chi connectivity index (χ2v) is 7.06. The summed E-state index contributed by atoms with van der Waals surface area (Å²) in [6.07, 6.45) is -4.37. The zero-order chi connectivity index (χ0) is 21.0. The van der Waals surface area contributed by atoms with Crippen LogP contribution in [-0.4, -0.2) is 38.1 Å². The van der Waals surface area contributed by atoms with Crippen LogP contribution in [-0.2, 0) is 11.0 Å². The Hall–Kier alpha value is -3.05. The largest absolute Gasteiger partial charge is 0.416 e. The maximum atomic E-state index is 12.9. The molecular formula is C21H22F3N4O+. The van der Waals surface area contributed by atoms with Gasteiger partial charge in [0.25, 0.3) is 5.91 Å². The van der Waals surface area contributed by atoms with Crippen molar-refractivity contribution in [2.75, 3.05) is 36.4 Å². The molecule has 8 heteroatoms. The molecule has 5 nitrogen and oxygen atoms in total. The van der Waals surface area contributed by atoms with Crippen LogP contribution in [0, 0.1) is 11.3 Å². The zero-order valence-corrected chi connectivity index (χ0v) is 16.0. The van der Waals surface area contributed by atoms with Crippen LogP contribution < -0.4 is 15.1 Å². The summed E-state index contributed by atoms with van der Waals surface area (Å²) in [4.78, 5) is 15.6. The van der Waals surface area contributed by atoms with E-state index in [0.29, 0.717) is 43.1 Å². The maximum absolute atomic E-state index is 12.9. The number of hydrogen-bond acceptors (Lipinski definition) is 3. The van der Waals surface area contributed by atoms with Crippen LogP contribution in [0.5, 0.6) is 0 Å². The summed E-state index contributed by atoms with van der Waals surface area (Å²) in [5.74, 6) is -0.185. The molecule has 0 saturated carbocycles. The Bertz CT molecular complexity index is 915. The average molecular weight is 403 g/mol. The fourth-order valence-electron chi connectivity index (χ4n) is 3.48. The first-order chi connectivity index (χ1) is 13.8. The molecule has 1 aliphatic heterocycles. The minimum atomic E-state index is -4.37. The van der Waals surface area contributed by atoms with E-state index in [0.717, 1.165) is 11.0 Å². The van der Waals surface area contributed by atoms with Crippen molar-refractivity contribution >= 4 is 17.3 Å². The van der Waals surface area contributed by atoms with Crippen molar-refractivity contribution in [1.82, 2.24) is 0 Å². The van der Waals surface area contributed by atoms with Crippen molar-refractivity contribution in [3.05, 3.63) is 59.7 Å². The summed E-state index contributed by atoms with van der Waals surface area (Å²) in [6.45, 7) is 4.20. The Labute approximate surface area is 167 Å². The van der Waals surface area contributed by atoms with Gasteiger partial charge in [0, 0.05) is 5.69 Å². The number of amides is 1. The lowest BCUT2D eigenvalue weighted by Gasteiger charge is -2.36. The number of para-hydroxylation sites is 1. The number of halogens is 3. The molecule has 1 amide bonds. The number of nitriles is 1. The lowest BCUT2D eigenvalue weighted by Crippen LogP contribution is -3.19. The van der Waals surface area contributed by atoms with Crippen LogP contribution in [0.3, 0.4) is 0 Å². The van der Waals surface area contributed by atoms with Gasteiger partial charge in [0.15, 0.2) is 6.04 Å². The molecule has 2 aromatic rings. The van der Waals surface area contributed by atoms with E-state index >= 15 is 0 Å². The maximum Gasteiger partial charge on any atom is 0.416 e. The minimum Gasteiger partial charge on any atom is -0.360 e. The van der Waals surface area contributed by atoms with Crippen LogP contribution in [0.1, 0.15) is 18.1 Å². The Morgan fingerprint density at radius 2 is 1.86 bits per heavy atom. The average Bonchev–Trinajstić information content (AvgIpc) is 2.73. The third kappa shape index (κ3) is 4.87. The number of hydrogen-bond donors (Lipinski definition) is 2. The van der Waals surface area contributed by atoms with Gasteiger partial charge in [-0.25, -0.2) is 0 Å². The van der Waals surface area contributed by atoms with Crippen molar-refractivity contribution in [3.63, 3.8) is 0 Å². The lowest BCUT2D eigenvalue weighted by molar-refractivity contribution is -0.914. The smallest absolute Gasteiger partial charge is 0.360 e. The van der Waals surface area contributed by atoms with E-state index in [-0.39, 0.29) is 11.9 Å². The third-order valence-corrected chi connectivity index (χ3v) is 5.26. The number of rotatable bonds is 4. The van der Waals surface area contributed by atoms with E-state index in [9.17, 15) is 18.0 Å². The normalized spacial score (nSPS) is 16.2. The van der Waals surface area contributed by atoms with Gasteiger partial charge in [0.2, 0.25) is 0 Å². The van der Waals surface area contributed by atoms with Gasteiger partial charge in [-0.3, -0.25) is 4.79 Å². The molecule has 2 aromatic carbocycles. The molecule has 1 heterocycles. The van der Waals surface area contributed by atoms with Crippen molar-refractivity contribution in [1.29, 1.82) is 5.26 Å². The van der Waals surface area contributed by atoms with Crippen LogP contribution in [0.2, 0.25) is 0 Å². The van der Waals surface area contributed by atoms with Crippen LogP contribution >= 0.6 is 0 Å². The number of anilines is 2. The molecule has 3 rings (SSSR count). The van der Waals surface area contributed by atoms with E-state index in [2.05, 4.69) is 11.4 Å². The monoisotopic (exact) mass is 403 g/mol. The molecule has 1 saturated heterocycles. The summed E-state index contributed by atoms with van der Waals surface area (Å²) >= 11 is 0. The molecule has 0 spiro atoms. The number of benzene rings is 2. The van der Waals surface area contributed by atoms with E-state index in [1.54, 1.807) is 30.3 Å². The van der Waals surface area contributed by atoms with Crippen molar-refractivity contribution < 1.29 is 22.9 Å². The van der Waals surface area contributed by atoms with Crippen LogP contribution in [0.25, 0.3) is 0 Å². The van der Waals surface area contributed by atoms with Crippen LogP contribution in [0.4, 0.5) is 24.5 Å². The number of quaternary nitrogens is 1. The zero-order valence-electron chi connectivity index (χ0n) is 16.0. The molecular weight excluding hydrogens is 381 g/mol. The number of nitrogens with zero attached hydrogens (tertiary/aromatic N) is 2. The summed E-state index contributed by atoms with van der Waals surface area (Å²) < 4.78 is 38.8. The summed E-state index contributed by atoms with van der Waals surface area (Å²) in [7, 11) is 0. The van der Waals surface area contributed by atoms with Gasteiger partial charge in [0.1, 0.15) is 6.07 Å². The second-order valence-electron chi connectivity index (χ2n) is 7.06. The SMILES string of the molecule is C[C@H](C(=O)Nc1ccccc1C#N)[NH+]1CCN(c2cccc(C(F)(F)F)c2)CC1. The highest BCUT2D eigenvalue weighted by atomic mass is 19.4. The number of piperazine rings is 1. The van der Waals surface area contributed by atoms with E-state index in [4.69, 9.17) is 5.26 Å². The molecule has 0 bridgehead atoms. The molecule has 0 aliphatic carbocycles. The Morgan fingerprint density at radius 3 is 2.52 bits per heavy atom. The Balaban J connectivity index is 1.60. The molecule has 152 valence electrons. The quantitative estimate of drug-likeness (QED) is 0.824. The van der Waals surface area contributed by atoms with Gasteiger partial charge in [-0.15, -0.1) is 0 Å². The minimum absolute atomic E-state index is 0.185. The first-order valence-corrected chi connectivity index (χ1v) is 9.36. The predicted molar refractivity (Wildman–Crippen MR) is 104 cm³/mol. The van der Waals surface area contributed by atoms with Gasteiger partial charge in [0.05, 0.1) is 43.0 Å². The van der Waals surface area contributed by atoms with Gasteiger partial charge in [-0.05, 0) is 37.3 Å². The van der Waals surface area contributed by atoms with Gasteiger partial charge < -0.3 is 15.1 Å². The first-order valence-electron chi connectivity index (χ1n) is 9.36.